The summed E-state index contributed by atoms with van der Waals surface area (Å²) in [5, 5.41) is -0.387. The molecule has 1 aromatic heterocycles. The van der Waals surface area contributed by atoms with Gasteiger partial charge in [-0.2, -0.15) is 0 Å². The summed E-state index contributed by atoms with van der Waals surface area (Å²) in [7, 11) is -2.10. The lowest BCUT2D eigenvalue weighted by molar-refractivity contribution is 0.198. The highest BCUT2D eigenvalue weighted by Crippen LogP contribution is 2.09. The van der Waals surface area contributed by atoms with E-state index >= 15 is 0 Å². The Bertz CT molecular complexity index is 487. The fourth-order valence-corrected chi connectivity index (χ4v) is 2.82. The highest BCUT2D eigenvalue weighted by Gasteiger charge is 2.19. The van der Waals surface area contributed by atoms with Crippen molar-refractivity contribution in [3.63, 3.8) is 0 Å². The molecule has 1 N–H and O–H groups in total. The fourth-order valence-electron chi connectivity index (χ4n) is 1.44. The highest BCUT2D eigenvalue weighted by atomic mass is 35.5. The minimum absolute atomic E-state index is 0.0168. The molecule has 0 aliphatic carbocycles. The van der Waals surface area contributed by atoms with E-state index in [1.165, 1.54) is 13.3 Å². The van der Waals surface area contributed by atoms with E-state index in [1.807, 2.05) is 6.92 Å². The van der Waals surface area contributed by atoms with Crippen LogP contribution < -0.4 is 4.72 Å². The molecule has 6 nitrogen and oxygen atoms in total. The van der Waals surface area contributed by atoms with E-state index in [0.717, 1.165) is 0 Å². The number of alkyl halides is 1. The largest absolute Gasteiger partial charge is 0.383 e. The van der Waals surface area contributed by atoms with Gasteiger partial charge in [-0.3, -0.25) is 0 Å². The zero-order valence-electron chi connectivity index (χ0n) is 10.7. The van der Waals surface area contributed by atoms with E-state index in [2.05, 4.69) is 9.71 Å². The van der Waals surface area contributed by atoms with Crippen LogP contribution in [0.1, 0.15) is 12.7 Å². The van der Waals surface area contributed by atoms with Crippen LogP contribution >= 0.6 is 11.6 Å². The summed E-state index contributed by atoms with van der Waals surface area (Å²) in [5.41, 5.74) is 0. The topological polar surface area (TPSA) is 73.2 Å². The third-order valence-corrected chi connectivity index (χ3v) is 3.99. The molecule has 1 heterocycles. The van der Waals surface area contributed by atoms with Gasteiger partial charge in [0.25, 0.3) is 10.0 Å². The van der Waals surface area contributed by atoms with Gasteiger partial charge in [0.2, 0.25) is 0 Å². The number of hydrogen-bond acceptors (Lipinski definition) is 4. The molecule has 0 amide bonds. The van der Waals surface area contributed by atoms with Crippen molar-refractivity contribution >= 4 is 21.6 Å². The highest BCUT2D eigenvalue weighted by molar-refractivity contribution is 7.89. The molecule has 18 heavy (non-hydrogen) atoms. The number of hydrogen-bond donors (Lipinski definition) is 1. The quantitative estimate of drug-likeness (QED) is 0.753. The molecule has 0 aliphatic rings. The predicted octanol–water partition coefficient (Wildman–Crippen LogP) is 0.744. The second kappa shape index (κ2) is 6.51. The maximum absolute atomic E-state index is 11.9. The summed E-state index contributed by atoms with van der Waals surface area (Å²) in [6.07, 6.45) is 1.51. The number of imidazole rings is 1. The molecule has 0 bridgehead atoms. The molecule has 0 radical (unpaired) electrons. The molecule has 0 fully saturated rings. The molecule has 0 saturated heterocycles. The van der Waals surface area contributed by atoms with Crippen LogP contribution in [0, 0.1) is 6.92 Å². The molecule has 1 unspecified atom stereocenters. The maximum Gasteiger partial charge on any atom is 0.259 e. The van der Waals surface area contributed by atoms with Crippen LogP contribution in [-0.4, -0.2) is 43.6 Å². The van der Waals surface area contributed by atoms with Crippen molar-refractivity contribution in [3.8, 4) is 0 Å². The van der Waals surface area contributed by atoms with Crippen LogP contribution in [0.5, 0.6) is 0 Å². The first-order valence-electron chi connectivity index (χ1n) is 5.57. The van der Waals surface area contributed by atoms with Gasteiger partial charge in [-0.05, 0) is 13.8 Å². The van der Waals surface area contributed by atoms with Crippen molar-refractivity contribution in [1.29, 1.82) is 0 Å². The summed E-state index contributed by atoms with van der Waals surface area (Å²) < 4.78 is 32.9. The van der Waals surface area contributed by atoms with Gasteiger partial charge in [-0.15, -0.1) is 11.6 Å². The molecule has 1 aromatic rings. The monoisotopic (exact) mass is 295 g/mol. The fraction of sp³-hybridized carbons (Fsp3) is 0.700. The summed E-state index contributed by atoms with van der Waals surface area (Å²) in [4.78, 5) is 4.02. The van der Waals surface area contributed by atoms with Gasteiger partial charge in [0, 0.05) is 26.4 Å². The summed E-state index contributed by atoms with van der Waals surface area (Å²) >= 11 is 5.86. The summed E-state index contributed by atoms with van der Waals surface area (Å²) in [5.74, 6) is 0.664. The first kappa shape index (κ1) is 15.4. The van der Waals surface area contributed by atoms with E-state index in [0.29, 0.717) is 12.4 Å². The summed E-state index contributed by atoms with van der Waals surface area (Å²) in [6.45, 7) is 4.75. The normalized spacial score (nSPS) is 13.8. The molecule has 1 atom stereocenters. The number of aryl methyl sites for hydroxylation is 2. The maximum atomic E-state index is 11.9. The van der Waals surface area contributed by atoms with Gasteiger partial charge >= 0.3 is 0 Å². The Morgan fingerprint density at radius 3 is 2.78 bits per heavy atom. The predicted molar refractivity (Wildman–Crippen MR) is 69.3 cm³/mol. The number of rotatable bonds is 7. The number of aromatic nitrogens is 2. The van der Waals surface area contributed by atoms with Crippen LogP contribution in [0.2, 0.25) is 0 Å². The van der Waals surface area contributed by atoms with Gasteiger partial charge in [0.1, 0.15) is 5.82 Å². The first-order valence-corrected chi connectivity index (χ1v) is 7.49. The van der Waals surface area contributed by atoms with Gasteiger partial charge in [0.05, 0.1) is 12.0 Å². The van der Waals surface area contributed by atoms with Crippen molar-refractivity contribution in [2.75, 3.05) is 20.3 Å². The van der Waals surface area contributed by atoms with E-state index in [1.54, 1.807) is 11.5 Å². The number of methoxy groups -OCH3 is 1. The standard InChI is InChI=1S/C10H18ClN3O3S/c1-4-14-6-10(13-8(14)2)18(15,16)12-5-9(11)7-17-3/h6,9,12H,4-5,7H2,1-3H3. The Balaban J connectivity index is 2.74. The molecule has 0 spiro atoms. The third-order valence-electron chi connectivity index (χ3n) is 2.41. The van der Waals surface area contributed by atoms with Crippen molar-refractivity contribution in [2.24, 2.45) is 0 Å². The Morgan fingerprint density at radius 2 is 2.28 bits per heavy atom. The van der Waals surface area contributed by atoms with Crippen LogP contribution in [0.3, 0.4) is 0 Å². The average Bonchev–Trinajstić information content (AvgIpc) is 2.69. The van der Waals surface area contributed by atoms with E-state index in [9.17, 15) is 8.42 Å². The van der Waals surface area contributed by atoms with E-state index in [4.69, 9.17) is 16.3 Å². The molecule has 1 rings (SSSR count). The van der Waals surface area contributed by atoms with Crippen molar-refractivity contribution in [1.82, 2.24) is 14.3 Å². The Kier molecular flexibility index (Phi) is 5.58. The van der Waals surface area contributed by atoms with Crippen LogP contribution in [0.4, 0.5) is 0 Å². The minimum Gasteiger partial charge on any atom is -0.383 e. The Labute approximate surface area is 112 Å². The zero-order chi connectivity index (χ0) is 13.8. The Morgan fingerprint density at radius 1 is 1.61 bits per heavy atom. The van der Waals surface area contributed by atoms with E-state index in [-0.39, 0.29) is 18.2 Å². The molecule has 8 heteroatoms. The number of halogens is 1. The van der Waals surface area contributed by atoms with Crippen molar-refractivity contribution < 1.29 is 13.2 Å². The van der Waals surface area contributed by atoms with Crippen molar-refractivity contribution in [2.45, 2.75) is 30.8 Å². The van der Waals surface area contributed by atoms with Crippen molar-refractivity contribution in [3.05, 3.63) is 12.0 Å². The lowest BCUT2D eigenvalue weighted by Gasteiger charge is -2.08. The second-order valence-corrected chi connectivity index (χ2v) is 6.15. The lowest BCUT2D eigenvalue weighted by atomic mass is 10.5. The Hall–Kier alpha value is -0.630. The van der Waals surface area contributed by atoms with Gasteiger partial charge in [-0.1, -0.05) is 0 Å². The number of nitrogens with one attached hydrogen (secondary N) is 1. The molecule has 104 valence electrons. The number of sulfonamides is 1. The van der Waals surface area contributed by atoms with Gasteiger partial charge < -0.3 is 9.30 Å². The van der Waals surface area contributed by atoms with E-state index < -0.39 is 15.4 Å². The average molecular weight is 296 g/mol. The number of ether oxygens (including phenoxy) is 1. The van der Waals surface area contributed by atoms with Gasteiger partial charge in [-0.25, -0.2) is 18.1 Å². The molecule has 0 saturated carbocycles. The number of nitrogens with zero attached hydrogens (tertiary/aromatic N) is 2. The smallest absolute Gasteiger partial charge is 0.259 e. The zero-order valence-corrected chi connectivity index (χ0v) is 12.3. The van der Waals surface area contributed by atoms with Gasteiger partial charge in [0.15, 0.2) is 5.03 Å². The third kappa shape index (κ3) is 3.94. The lowest BCUT2D eigenvalue weighted by Crippen LogP contribution is -2.32. The first-order chi connectivity index (χ1) is 8.40. The molecular formula is C10H18ClN3O3S. The van der Waals surface area contributed by atoms with Crippen LogP contribution in [-0.2, 0) is 21.3 Å². The molecule has 0 aliphatic heterocycles. The second-order valence-electron chi connectivity index (χ2n) is 3.82. The van der Waals surface area contributed by atoms with Crippen LogP contribution in [0.15, 0.2) is 11.2 Å². The molecule has 0 aromatic carbocycles. The minimum atomic E-state index is -3.61. The molecular weight excluding hydrogens is 278 g/mol. The summed E-state index contributed by atoms with van der Waals surface area (Å²) in [6, 6.07) is 0. The van der Waals surface area contributed by atoms with Crippen LogP contribution in [0.25, 0.3) is 0 Å². The SMILES string of the molecule is CCn1cc(S(=O)(=O)NCC(Cl)COC)nc1C.